The predicted molar refractivity (Wildman–Crippen MR) is 106 cm³/mol. The molecule has 4 rings (SSSR count). The smallest absolute Gasteiger partial charge is 0.332 e. The molecule has 0 aromatic heterocycles. The summed E-state index contributed by atoms with van der Waals surface area (Å²) >= 11 is 0. The molecule has 3 fully saturated rings. The minimum atomic E-state index is -1.28. The molecule has 1 aromatic carbocycles. The molecule has 0 unspecified atom stereocenters. The maximum absolute atomic E-state index is 13.4. The fraction of sp³-hybridized carbons (Fsp3) is 0.524. The zero-order valence-corrected chi connectivity index (χ0v) is 17.2. The van der Waals surface area contributed by atoms with E-state index in [9.17, 15) is 14.4 Å². The maximum Gasteiger partial charge on any atom is 0.332 e. The first-order valence-corrected chi connectivity index (χ1v) is 9.88. The Morgan fingerprint density at radius 1 is 1.24 bits per heavy atom. The van der Waals surface area contributed by atoms with Crippen LogP contribution in [-0.2, 0) is 25.7 Å². The van der Waals surface area contributed by atoms with Crippen LogP contribution in [0.1, 0.15) is 19.4 Å². The van der Waals surface area contributed by atoms with Gasteiger partial charge in [-0.2, -0.15) is 0 Å². The average Bonchev–Trinajstić information content (AvgIpc) is 3.32. The molecule has 3 saturated heterocycles. The van der Waals surface area contributed by atoms with E-state index in [2.05, 4.69) is 4.99 Å². The number of guanidine groups is 1. The summed E-state index contributed by atoms with van der Waals surface area (Å²) in [4.78, 5) is 49.4. The predicted octanol–water partition coefficient (Wildman–Crippen LogP) is 0.725. The molecule has 0 aliphatic carbocycles. The van der Waals surface area contributed by atoms with E-state index in [1.165, 1.54) is 12.0 Å². The molecule has 0 saturated carbocycles. The second-order valence-electron chi connectivity index (χ2n) is 7.89. The molecule has 1 aromatic rings. The third kappa shape index (κ3) is 2.51. The number of rotatable bonds is 4. The number of carbonyl (C=O) groups excluding carboxylic acids is 3. The molecule has 0 bridgehead atoms. The highest BCUT2D eigenvalue weighted by atomic mass is 16.5. The largest absolute Gasteiger partial charge is 0.467 e. The Labute approximate surface area is 170 Å². The summed E-state index contributed by atoms with van der Waals surface area (Å²) in [5, 5.41) is 0. The van der Waals surface area contributed by atoms with E-state index in [0.29, 0.717) is 19.0 Å². The van der Waals surface area contributed by atoms with Crippen LogP contribution in [0.2, 0.25) is 0 Å². The highest BCUT2D eigenvalue weighted by Gasteiger charge is 2.73. The Kier molecular flexibility index (Phi) is 4.59. The Morgan fingerprint density at radius 3 is 2.52 bits per heavy atom. The van der Waals surface area contributed by atoms with Gasteiger partial charge in [0.25, 0.3) is 0 Å². The number of nitrogens with zero attached hydrogens (tertiary/aromatic N) is 4. The number of likely N-dealkylation sites (N-methyl/N-ethyl adjacent to an activating group) is 1. The van der Waals surface area contributed by atoms with Crippen LogP contribution in [0, 0.1) is 11.8 Å². The molecule has 4 atom stereocenters. The van der Waals surface area contributed by atoms with Crippen LogP contribution in [0.5, 0.6) is 0 Å². The third-order valence-corrected chi connectivity index (χ3v) is 6.56. The fourth-order valence-electron chi connectivity index (χ4n) is 5.27. The van der Waals surface area contributed by atoms with Crippen molar-refractivity contribution in [1.82, 2.24) is 14.7 Å². The number of fused-ring (bicyclic) bond motifs is 3. The van der Waals surface area contributed by atoms with Gasteiger partial charge in [0.1, 0.15) is 0 Å². The van der Waals surface area contributed by atoms with Crippen molar-refractivity contribution < 1.29 is 19.1 Å². The Balaban J connectivity index is 1.77. The van der Waals surface area contributed by atoms with Crippen LogP contribution in [0.15, 0.2) is 35.3 Å². The molecule has 2 amide bonds. The van der Waals surface area contributed by atoms with Crippen molar-refractivity contribution in [3.05, 3.63) is 35.9 Å². The number of ether oxygens (including phenoxy) is 1. The van der Waals surface area contributed by atoms with Gasteiger partial charge in [0.15, 0.2) is 11.5 Å². The molecule has 154 valence electrons. The Bertz CT molecular complexity index is 886. The SMILES string of the molecule is CCN1C[C@@H]2[C@@H]3C(=O)N(Cc4ccccc4)C(=O)[C@@H]3[C@](C)(C(=O)OC)N2C1=NC. The van der Waals surface area contributed by atoms with Gasteiger partial charge in [0.2, 0.25) is 11.8 Å². The lowest BCUT2D eigenvalue weighted by molar-refractivity contribution is -0.157. The van der Waals surface area contributed by atoms with Crippen LogP contribution < -0.4 is 0 Å². The molecule has 8 nitrogen and oxygen atoms in total. The van der Waals surface area contributed by atoms with Crippen molar-refractivity contribution in [2.75, 3.05) is 27.2 Å². The Morgan fingerprint density at radius 2 is 1.93 bits per heavy atom. The highest BCUT2D eigenvalue weighted by molar-refractivity contribution is 6.11. The Hall–Kier alpha value is -2.90. The molecule has 3 aliphatic rings. The zero-order valence-electron chi connectivity index (χ0n) is 17.2. The summed E-state index contributed by atoms with van der Waals surface area (Å²) in [7, 11) is 2.98. The number of imide groups is 1. The highest BCUT2D eigenvalue weighted by Crippen LogP contribution is 2.52. The molecular weight excluding hydrogens is 372 g/mol. The van der Waals surface area contributed by atoms with Gasteiger partial charge >= 0.3 is 5.97 Å². The lowest BCUT2D eigenvalue weighted by atomic mass is 9.81. The number of likely N-dealkylation sites (tertiary alicyclic amines) is 1. The number of hydrogen-bond acceptors (Lipinski definition) is 5. The van der Waals surface area contributed by atoms with E-state index < -0.39 is 23.3 Å². The van der Waals surface area contributed by atoms with Crippen LogP contribution in [0.3, 0.4) is 0 Å². The van der Waals surface area contributed by atoms with Gasteiger partial charge in [0.05, 0.1) is 31.5 Å². The van der Waals surface area contributed by atoms with Crippen molar-refractivity contribution >= 4 is 23.7 Å². The van der Waals surface area contributed by atoms with Gasteiger partial charge in [-0.25, -0.2) is 4.79 Å². The molecule has 3 aliphatic heterocycles. The van der Waals surface area contributed by atoms with Crippen LogP contribution in [-0.4, -0.2) is 77.3 Å². The van der Waals surface area contributed by atoms with E-state index in [1.54, 1.807) is 14.0 Å². The molecule has 0 spiro atoms. The van der Waals surface area contributed by atoms with Crippen LogP contribution in [0.25, 0.3) is 0 Å². The van der Waals surface area contributed by atoms with E-state index in [1.807, 2.05) is 47.1 Å². The van der Waals surface area contributed by atoms with Crippen LogP contribution in [0.4, 0.5) is 0 Å². The summed E-state index contributed by atoms with van der Waals surface area (Å²) in [6, 6.07) is 9.12. The topological polar surface area (TPSA) is 82.5 Å². The summed E-state index contributed by atoms with van der Waals surface area (Å²) in [6.07, 6.45) is 0. The molecule has 29 heavy (non-hydrogen) atoms. The molecule has 3 heterocycles. The van der Waals surface area contributed by atoms with Gasteiger partial charge in [-0.3, -0.25) is 19.5 Å². The fourth-order valence-corrected chi connectivity index (χ4v) is 5.27. The number of hydrogen-bond donors (Lipinski definition) is 0. The van der Waals surface area contributed by atoms with Crippen molar-refractivity contribution in [2.45, 2.75) is 32.0 Å². The van der Waals surface area contributed by atoms with Gasteiger partial charge in [-0.1, -0.05) is 30.3 Å². The second kappa shape index (κ2) is 6.86. The number of benzene rings is 1. The van der Waals surface area contributed by atoms with Gasteiger partial charge in [-0.15, -0.1) is 0 Å². The van der Waals surface area contributed by atoms with E-state index in [4.69, 9.17) is 4.74 Å². The quantitative estimate of drug-likeness (QED) is 0.549. The first-order chi connectivity index (χ1) is 13.9. The number of aliphatic imine (C=N–C) groups is 1. The van der Waals surface area contributed by atoms with E-state index >= 15 is 0 Å². The van der Waals surface area contributed by atoms with Crippen molar-refractivity contribution in [2.24, 2.45) is 16.8 Å². The normalized spacial score (nSPS) is 32.2. The minimum absolute atomic E-state index is 0.210. The maximum atomic E-state index is 13.4. The van der Waals surface area contributed by atoms with E-state index in [-0.39, 0.29) is 24.4 Å². The summed E-state index contributed by atoms with van der Waals surface area (Å²) in [6.45, 7) is 5.17. The first-order valence-electron chi connectivity index (χ1n) is 9.88. The minimum Gasteiger partial charge on any atom is -0.467 e. The lowest BCUT2D eigenvalue weighted by Gasteiger charge is -2.37. The van der Waals surface area contributed by atoms with Gasteiger partial charge in [-0.05, 0) is 19.4 Å². The third-order valence-electron chi connectivity index (χ3n) is 6.56. The van der Waals surface area contributed by atoms with Crippen LogP contribution >= 0.6 is 0 Å². The lowest BCUT2D eigenvalue weighted by Crippen LogP contribution is -2.58. The monoisotopic (exact) mass is 398 g/mol. The van der Waals surface area contributed by atoms with Crippen molar-refractivity contribution in [1.29, 1.82) is 0 Å². The van der Waals surface area contributed by atoms with Crippen molar-refractivity contribution in [3.8, 4) is 0 Å². The van der Waals surface area contributed by atoms with Gasteiger partial charge in [0, 0.05) is 20.1 Å². The number of methoxy groups -OCH3 is 1. The number of carbonyl (C=O) groups is 3. The standard InChI is InChI=1S/C21H26N4O4/c1-5-23-12-14-15-16(21(2,19(28)29-4)25(14)20(23)22-3)18(27)24(17(15)26)11-13-9-7-6-8-10-13/h6-10,14-16H,5,11-12H2,1-4H3/t14-,15+,16-,21-/m1/s1. The number of esters is 1. The zero-order chi connectivity index (χ0) is 20.9. The molecule has 8 heteroatoms. The summed E-state index contributed by atoms with van der Waals surface area (Å²) in [5.74, 6) is -1.80. The summed E-state index contributed by atoms with van der Waals surface area (Å²) in [5.41, 5.74) is -0.399. The van der Waals surface area contributed by atoms with Gasteiger partial charge < -0.3 is 14.5 Å². The first kappa shape index (κ1) is 19.4. The average molecular weight is 398 g/mol. The summed E-state index contributed by atoms with van der Waals surface area (Å²) < 4.78 is 5.12. The number of amides is 2. The molecule has 0 N–H and O–H groups in total. The van der Waals surface area contributed by atoms with E-state index in [0.717, 1.165) is 5.56 Å². The molecule has 0 radical (unpaired) electrons. The second-order valence-corrected chi connectivity index (χ2v) is 7.89. The van der Waals surface area contributed by atoms with Crippen molar-refractivity contribution in [3.63, 3.8) is 0 Å². The molecular formula is C21H26N4O4.